The number of likely N-dealkylation sites (N-methyl/N-ethyl adjacent to an activating group) is 1. The first-order valence-electron chi connectivity index (χ1n) is 5.47. The average Bonchev–Trinajstić information content (AvgIpc) is 2.10. The minimum absolute atomic E-state index is 0.0275. The van der Waals surface area contributed by atoms with Gasteiger partial charge in [0, 0.05) is 18.0 Å². The Bertz CT molecular complexity index is 349. The molecule has 0 aromatic rings. The van der Waals surface area contributed by atoms with Gasteiger partial charge in [0.25, 0.3) is 0 Å². The number of hydrogen-bond donors (Lipinski definition) is 1. The highest BCUT2D eigenvalue weighted by Gasteiger charge is 2.24. The van der Waals surface area contributed by atoms with Crippen molar-refractivity contribution in [1.82, 2.24) is 9.62 Å². The Balaban J connectivity index is 4.57. The van der Waals surface area contributed by atoms with Crippen LogP contribution in [0, 0.1) is 0 Å². The third-order valence-electron chi connectivity index (χ3n) is 1.92. The Morgan fingerprint density at radius 1 is 1.35 bits per heavy atom. The van der Waals surface area contributed by atoms with Gasteiger partial charge in [-0.25, -0.2) is 8.42 Å². The van der Waals surface area contributed by atoms with Crippen molar-refractivity contribution < 1.29 is 13.2 Å². The lowest BCUT2D eigenvalue weighted by atomic mass is 10.1. The molecule has 0 fully saturated rings. The molecule has 0 radical (unpaired) electrons. The molecule has 1 amide bonds. The maximum Gasteiger partial charge on any atom is 0.235 e. The van der Waals surface area contributed by atoms with Crippen LogP contribution in [0.15, 0.2) is 0 Å². The zero-order chi connectivity index (χ0) is 13.7. The lowest BCUT2D eigenvalue weighted by molar-refractivity contribution is -0.122. The van der Waals surface area contributed by atoms with Gasteiger partial charge >= 0.3 is 0 Å². The fourth-order valence-electron chi connectivity index (χ4n) is 1.25. The molecule has 5 nitrogen and oxygen atoms in total. The quantitative estimate of drug-likeness (QED) is 0.734. The van der Waals surface area contributed by atoms with E-state index >= 15 is 0 Å². The summed E-state index contributed by atoms with van der Waals surface area (Å²) in [6.07, 6.45) is 0. The normalized spacial score (nSPS) is 12.8. The fourth-order valence-corrected chi connectivity index (χ4v) is 3.00. The van der Waals surface area contributed by atoms with E-state index < -0.39 is 10.0 Å². The van der Waals surface area contributed by atoms with E-state index in [2.05, 4.69) is 5.32 Å². The van der Waals surface area contributed by atoms with Crippen LogP contribution < -0.4 is 5.32 Å². The number of sulfonamides is 1. The highest BCUT2D eigenvalue weighted by Crippen LogP contribution is 2.04. The Labute approximate surface area is 109 Å². The topological polar surface area (TPSA) is 66.5 Å². The van der Waals surface area contributed by atoms with Gasteiger partial charge in [-0.15, -0.1) is 11.6 Å². The maximum absolute atomic E-state index is 11.7. The van der Waals surface area contributed by atoms with Crippen molar-refractivity contribution in [1.29, 1.82) is 0 Å². The van der Waals surface area contributed by atoms with Crippen LogP contribution in [0.4, 0.5) is 0 Å². The summed E-state index contributed by atoms with van der Waals surface area (Å²) in [4.78, 5) is 11.6. The zero-order valence-corrected chi connectivity index (χ0v) is 12.4. The lowest BCUT2D eigenvalue weighted by Gasteiger charge is -2.24. The third kappa shape index (κ3) is 6.85. The van der Waals surface area contributed by atoms with Gasteiger partial charge in [-0.2, -0.15) is 4.31 Å². The first kappa shape index (κ1) is 16.7. The minimum Gasteiger partial charge on any atom is -0.350 e. The molecular weight excluding hydrogens is 264 g/mol. The van der Waals surface area contributed by atoms with E-state index in [0.717, 1.165) is 4.31 Å². The zero-order valence-electron chi connectivity index (χ0n) is 10.8. The molecule has 0 saturated carbocycles. The van der Waals surface area contributed by atoms with Gasteiger partial charge in [0.2, 0.25) is 15.9 Å². The Kier molecular flexibility index (Phi) is 6.43. The number of alkyl halides is 1. The average molecular weight is 285 g/mol. The van der Waals surface area contributed by atoms with Gasteiger partial charge in [-0.05, 0) is 20.8 Å². The summed E-state index contributed by atoms with van der Waals surface area (Å²) in [5.41, 5.74) is -0.368. The van der Waals surface area contributed by atoms with E-state index in [1.807, 2.05) is 20.8 Å². The predicted octanol–water partition coefficient (Wildman–Crippen LogP) is 0.792. The second kappa shape index (κ2) is 6.56. The second-order valence-corrected chi connectivity index (χ2v) is 7.20. The van der Waals surface area contributed by atoms with Crippen molar-refractivity contribution >= 4 is 27.5 Å². The van der Waals surface area contributed by atoms with Gasteiger partial charge in [0.1, 0.15) is 0 Å². The number of rotatable bonds is 6. The molecule has 17 heavy (non-hydrogen) atoms. The highest BCUT2D eigenvalue weighted by atomic mass is 35.5. The van der Waals surface area contributed by atoms with Crippen LogP contribution in [0.3, 0.4) is 0 Å². The fraction of sp³-hybridized carbons (Fsp3) is 0.900. The molecule has 0 bridgehead atoms. The Morgan fingerprint density at radius 2 is 1.88 bits per heavy atom. The molecule has 1 N–H and O–H groups in total. The monoisotopic (exact) mass is 284 g/mol. The lowest BCUT2D eigenvalue weighted by Crippen LogP contribution is -2.47. The van der Waals surface area contributed by atoms with Crippen LogP contribution in [0.2, 0.25) is 0 Å². The Hall–Kier alpha value is -0.330. The van der Waals surface area contributed by atoms with Crippen LogP contribution in [-0.4, -0.2) is 48.9 Å². The molecule has 0 aromatic heterocycles. The largest absolute Gasteiger partial charge is 0.350 e. The minimum atomic E-state index is -3.43. The first-order chi connectivity index (χ1) is 7.62. The van der Waals surface area contributed by atoms with Crippen molar-refractivity contribution in [2.75, 3.05) is 24.7 Å². The maximum atomic E-state index is 11.7. The summed E-state index contributed by atoms with van der Waals surface area (Å²) < 4.78 is 24.6. The molecule has 102 valence electrons. The molecule has 0 aromatic carbocycles. The molecule has 0 aliphatic carbocycles. The summed E-state index contributed by atoms with van der Waals surface area (Å²) in [5.74, 6) is -0.428. The highest BCUT2D eigenvalue weighted by molar-refractivity contribution is 7.89. The van der Waals surface area contributed by atoms with E-state index in [-0.39, 0.29) is 36.2 Å². The van der Waals surface area contributed by atoms with E-state index in [9.17, 15) is 13.2 Å². The molecule has 0 atom stereocenters. The summed E-state index contributed by atoms with van der Waals surface area (Å²) in [6, 6.07) is 0. The molecule has 0 spiro atoms. The van der Waals surface area contributed by atoms with Crippen molar-refractivity contribution in [3.63, 3.8) is 0 Å². The predicted molar refractivity (Wildman–Crippen MR) is 69.6 cm³/mol. The van der Waals surface area contributed by atoms with E-state index in [1.165, 1.54) is 0 Å². The molecule has 0 unspecified atom stereocenters. The number of carbonyl (C=O) groups is 1. The third-order valence-corrected chi connectivity index (χ3v) is 4.22. The summed E-state index contributed by atoms with van der Waals surface area (Å²) in [5, 5.41) is 2.72. The number of halogens is 1. The summed E-state index contributed by atoms with van der Waals surface area (Å²) in [7, 11) is -3.43. The molecule has 0 rings (SSSR count). The number of hydrogen-bond acceptors (Lipinski definition) is 3. The first-order valence-corrected chi connectivity index (χ1v) is 7.61. The van der Waals surface area contributed by atoms with Gasteiger partial charge < -0.3 is 5.32 Å². The molecule has 0 heterocycles. The molecule has 0 aliphatic rings. The van der Waals surface area contributed by atoms with Crippen LogP contribution in [-0.2, 0) is 14.8 Å². The second-order valence-electron chi connectivity index (χ2n) is 4.73. The SMILES string of the molecule is CCN(CC(=O)NC(C)(C)C)S(=O)(=O)CCCl. The standard InChI is InChI=1S/C10H21ClN2O3S/c1-5-13(17(15,16)7-6-11)8-9(14)12-10(2,3)4/h5-8H2,1-4H3,(H,12,14). The van der Waals surface area contributed by atoms with Crippen LogP contribution >= 0.6 is 11.6 Å². The van der Waals surface area contributed by atoms with Crippen molar-refractivity contribution in [3.05, 3.63) is 0 Å². The smallest absolute Gasteiger partial charge is 0.235 e. The number of nitrogens with one attached hydrogen (secondary N) is 1. The van der Waals surface area contributed by atoms with Crippen molar-refractivity contribution in [2.45, 2.75) is 33.2 Å². The van der Waals surface area contributed by atoms with Crippen molar-refractivity contribution in [3.8, 4) is 0 Å². The molecule has 7 heteroatoms. The summed E-state index contributed by atoms with van der Waals surface area (Å²) >= 11 is 5.42. The number of amides is 1. The van der Waals surface area contributed by atoms with E-state index in [1.54, 1.807) is 6.92 Å². The van der Waals surface area contributed by atoms with Gasteiger partial charge in [-0.1, -0.05) is 6.92 Å². The number of carbonyl (C=O) groups excluding carboxylic acids is 1. The molecule has 0 aliphatic heterocycles. The van der Waals surface area contributed by atoms with Crippen LogP contribution in [0.25, 0.3) is 0 Å². The van der Waals surface area contributed by atoms with Crippen LogP contribution in [0.5, 0.6) is 0 Å². The van der Waals surface area contributed by atoms with E-state index in [4.69, 9.17) is 11.6 Å². The Morgan fingerprint density at radius 3 is 2.24 bits per heavy atom. The van der Waals surface area contributed by atoms with Crippen LogP contribution in [0.1, 0.15) is 27.7 Å². The summed E-state index contributed by atoms with van der Waals surface area (Å²) in [6.45, 7) is 7.32. The van der Waals surface area contributed by atoms with Gasteiger partial charge in [-0.3, -0.25) is 4.79 Å². The van der Waals surface area contributed by atoms with Gasteiger partial charge in [0.05, 0.1) is 12.3 Å². The molecular formula is C10H21ClN2O3S. The number of nitrogens with zero attached hydrogens (tertiary/aromatic N) is 1. The molecule has 0 saturated heterocycles. The van der Waals surface area contributed by atoms with Gasteiger partial charge in [0.15, 0.2) is 0 Å². The van der Waals surface area contributed by atoms with E-state index in [0.29, 0.717) is 0 Å². The van der Waals surface area contributed by atoms with Crippen molar-refractivity contribution in [2.24, 2.45) is 0 Å².